The van der Waals surface area contributed by atoms with Gasteiger partial charge in [0.15, 0.2) is 0 Å². The quantitative estimate of drug-likeness (QED) is 0.598. The van der Waals surface area contributed by atoms with Gasteiger partial charge in [-0.15, -0.1) is 0 Å². The van der Waals surface area contributed by atoms with Crippen LogP contribution in [0.3, 0.4) is 0 Å². The zero-order valence-electron chi connectivity index (χ0n) is 14.3. The molecule has 1 aliphatic heterocycles. The summed E-state index contributed by atoms with van der Waals surface area (Å²) in [5.41, 5.74) is 1.89. The molecule has 25 heavy (non-hydrogen) atoms. The van der Waals surface area contributed by atoms with Gasteiger partial charge in [-0.25, -0.2) is 0 Å². The van der Waals surface area contributed by atoms with Crippen molar-refractivity contribution in [3.05, 3.63) is 60.2 Å². The molecule has 5 heteroatoms. The molecule has 5 nitrogen and oxygen atoms in total. The summed E-state index contributed by atoms with van der Waals surface area (Å²) in [5, 5.41) is 0. The number of hydrogen-bond donors (Lipinski definition) is 0. The van der Waals surface area contributed by atoms with E-state index in [2.05, 4.69) is 0 Å². The summed E-state index contributed by atoms with van der Waals surface area (Å²) >= 11 is 0. The van der Waals surface area contributed by atoms with Gasteiger partial charge in [0.25, 0.3) is 0 Å². The maximum atomic E-state index is 12.7. The molecule has 0 N–H and O–H groups in total. The molecule has 1 fully saturated rings. The summed E-state index contributed by atoms with van der Waals surface area (Å²) in [6.45, 7) is 0. The van der Waals surface area contributed by atoms with Crippen LogP contribution < -0.4 is 9.64 Å². The topological polar surface area (TPSA) is 55.8 Å². The zero-order valence-corrected chi connectivity index (χ0v) is 14.3. The second kappa shape index (κ2) is 7.38. The number of amides is 1. The van der Waals surface area contributed by atoms with E-state index in [0.29, 0.717) is 6.42 Å². The molecule has 0 aliphatic carbocycles. The summed E-state index contributed by atoms with van der Waals surface area (Å²) in [5.74, 6) is 0.287. The third-order valence-corrected chi connectivity index (χ3v) is 4.59. The maximum absolute atomic E-state index is 12.7. The van der Waals surface area contributed by atoms with E-state index in [0.717, 1.165) is 17.0 Å². The van der Waals surface area contributed by atoms with Gasteiger partial charge in [-0.3, -0.25) is 9.59 Å². The fourth-order valence-corrected chi connectivity index (χ4v) is 3.26. The number of β-lactam (4-membered cyclic amide) rings is 1. The summed E-state index contributed by atoms with van der Waals surface area (Å²) < 4.78 is 9.92. The minimum atomic E-state index is -0.292. The lowest BCUT2D eigenvalue weighted by Gasteiger charge is -2.47. The number of methoxy groups -OCH3 is 2. The van der Waals surface area contributed by atoms with Gasteiger partial charge in [0, 0.05) is 12.1 Å². The predicted molar refractivity (Wildman–Crippen MR) is 94.4 cm³/mol. The van der Waals surface area contributed by atoms with Crippen molar-refractivity contribution in [1.82, 2.24) is 0 Å². The van der Waals surface area contributed by atoms with E-state index in [9.17, 15) is 9.59 Å². The van der Waals surface area contributed by atoms with E-state index in [-0.39, 0.29) is 30.3 Å². The molecule has 0 saturated carbocycles. The van der Waals surface area contributed by atoms with Crippen LogP contribution >= 0.6 is 0 Å². The van der Waals surface area contributed by atoms with E-state index < -0.39 is 0 Å². The Hall–Kier alpha value is -2.82. The van der Waals surface area contributed by atoms with Gasteiger partial charge >= 0.3 is 5.97 Å². The highest BCUT2D eigenvalue weighted by Crippen LogP contribution is 2.45. The van der Waals surface area contributed by atoms with Crippen molar-refractivity contribution in [2.75, 3.05) is 19.1 Å². The van der Waals surface area contributed by atoms with E-state index in [1.54, 1.807) is 12.0 Å². The van der Waals surface area contributed by atoms with Crippen LogP contribution in [-0.2, 0) is 14.3 Å². The Morgan fingerprint density at radius 1 is 1.04 bits per heavy atom. The Balaban J connectivity index is 1.87. The molecule has 130 valence electrons. The van der Waals surface area contributed by atoms with Crippen molar-refractivity contribution < 1.29 is 19.1 Å². The van der Waals surface area contributed by atoms with Crippen molar-refractivity contribution in [3.8, 4) is 5.75 Å². The van der Waals surface area contributed by atoms with E-state index in [1.165, 1.54) is 7.11 Å². The molecule has 0 bridgehead atoms. The van der Waals surface area contributed by atoms with Crippen molar-refractivity contribution in [2.45, 2.75) is 18.9 Å². The number of nitrogens with zero attached hydrogens (tertiary/aromatic N) is 1. The summed E-state index contributed by atoms with van der Waals surface area (Å²) in [4.78, 5) is 26.0. The second-order valence-corrected chi connectivity index (χ2v) is 5.98. The van der Waals surface area contributed by atoms with Gasteiger partial charge in [-0.05, 0) is 36.2 Å². The number of ether oxygens (including phenoxy) is 2. The zero-order chi connectivity index (χ0) is 17.8. The van der Waals surface area contributed by atoms with Gasteiger partial charge in [-0.1, -0.05) is 30.3 Å². The lowest BCUT2D eigenvalue weighted by atomic mass is 9.79. The van der Waals surface area contributed by atoms with Crippen molar-refractivity contribution in [2.24, 2.45) is 5.92 Å². The molecular weight excluding hydrogens is 318 g/mol. The number of rotatable bonds is 6. The second-order valence-electron chi connectivity index (χ2n) is 5.98. The molecular formula is C20H21NO4. The van der Waals surface area contributed by atoms with Crippen LogP contribution in [0.25, 0.3) is 0 Å². The third kappa shape index (κ3) is 3.36. The molecule has 2 unspecified atom stereocenters. The number of carbonyl (C=O) groups excluding carboxylic acids is 2. The van der Waals surface area contributed by atoms with Crippen LogP contribution in [0, 0.1) is 5.92 Å². The first-order chi connectivity index (χ1) is 12.2. The molecule has 0 spiro atoms. The number of benzene rings is 2. The fourth-order valence-electron chi connectivity index (χ4n) is 3.26. The van der Waals surface area contributed by atoms with Crippen LogP contribution in [-0.4, -0.2) is 26.1 Å². The number of hydrogen-bond acceptors (Lipinski definition) is 4. The van der Waals surface area contributed by atoms with Crippen LogP contribution in [0.15, 0.2) is 54.6 Å². The Kier molecular flexibility index (Phi) is 5.03. The van der Waals surface area contributed by atoms with Gasteiger partial charge in [0.05, 0.1) is 26.2 Å². The summed E-state index contributed by atoms with van der Waals surface area (Å²) in [7, 11) is 2.99. The first-order valence-corrected chi connectivity index (χ1v) is 8.24. The number of esters is 1. The SMILES string of the molecule is COC(=O)CCC1C(=O)N(c2ccccc2)C1c1ccc(OC)cc1. The third-order valence-electron chi connectivity index (χ3n) is 4.59. The molecule has 3 rings (SSSR count). The monoisotopic (exact) mass is 339 g/mol. The lowest BCUT2D eigenvalue weighted by Crippen LogP contribution is -2.55. The smallest absolute Gasteiger partial charge is 0.305 e. The highest BCUT2D eigenvalue weighted by Gasteiger charge is 2.48. The van der Waals surface area contributed by atoms with E-state index in [4.69, 9.17) is 9.47 Å². The molecule has 2 aromatic rings. The summed E-state index contributed by atoms with van der Waals surface area (Å²) in [6, 6.07) is 17.2. The molecule has 1 heterocycles. The van der Waals surface area contributed by atoms with E-state index in [1.807, 2.05) is 54.6 Å². The van der Waals surface area contributed by atoms with Gasteiger partial charge in [0.2, 0.25) is 5.91 Å². The Bertz CT molecular complexity index is 742. The molecule has 0 aromatic heterocycles. The fraction of sp³-hybridized carbons (Fsp3) is 0.300. The number of anilines is 1. The Morgan fingerprint density at radius 2 is 1.72 bits per heavy atom. The normalized spacial score (nSPS) is 19.3. The van der Waals surface area contributed by atoms with E-state index >= 15 is 0 Å². The summed E-state index contributed by atoms with van der Waals surface area (Å²) in [6.07, 6.45) is 0.716. The first-order valence-electron chi connectivity index (χ1n) is 8.24. The standard InChI is InChI=1S/C20H21NO4/c1-24-16-10-8-14(9-11-16)19-17(12-13-18(22)25-2)20(23)21(19)15-6-4-3-5-7-15/h3-11,17,19H,12-13H2,1-2H3. The maximum Gasteiger partial charge on any atom is 0.305 e. The molecule has 1 amide bonds. The van der Waals surface area contributed by atoms with Crippen molar-refractivity contribution in [1.29, 1.82) is 0 Å². The van der Waals surface area contributed by atoms with Crippen LogP contribution in [0.4, 0.5) is 5.69 Å². The van der Waals surface area contributed by atoms with Crippen LogP contribution in [0.2, 0.25) is 0 Å². The number of para-hydroxylation sites is 1. The predicted octanol–water partition coefficient (Wildman–Crippen LogP) is 3.35. The van der Waals surface area contributed by atoms with Gasteiger partial charge < -0.3 is 14.4 Å². The largest absolute Gasteiger partial charge is 0.497 e. The minimum absolute atomic E-state index is 0.0379. The molecule has 2 aromatic carbocycles. The number of carbonyl (C=O) groups is 2. The van der Waals surface area contributed by atoms with Gasteiger partial charge in [-0.2, -0.15) is 0 Å². The molecule has 2 atom stereocenters. The Labute approximate surface area is 147 Å². The Morgan fingerprint density at radius 3 is 2.32 bits per heavy atom. The molecule has 1 saturated heterocycles. The van der Waals surface area contributed by atoms with Gasteiger partial charge in [0.1, 0.15) is 5.75 Å². The minimum Gasteiger partial charge on any atom is -0.497 e. The molecule has 0 radical (unpaired) electrons. The highest BCUT2D eigenvalue weighted by molar-refractivity contribution is 6.03. The lowest BCUT2D eigenvalue weighted by molar-refractivity contribution is -0.141. The first kappa shape index (κ1) is 17.0. The highest BCUT2D eigenvalue weighted by atomic mass is 16.5. The van der Waals surface area contributed by atoms with Crippen molar-refractivity contribution in [3.63, 3.8) is 0 Å². The average molecular weight is 339 g/mol. The van der Waals surface area contributed by atoms with Crippen LogP contribution in [0.5, 0.6) is 5.75 Å². The van der Waals surface area contributed by atoms with Crippen molar-refractivity contribution >= 4 is 17.6 Å². The van der Waals surface area contributed by atoms with Crippen LogP contribution in [0.1, 0.15) is 24.4 Å². The molecule has 1 aliphatic rings. The average Bonchev–Trinajstić information content (AvgIpc) is 2.66.